The summed E-state index contributed by atoms with van der Waals surface area (Å²) in [5.41, 5.74) is 0. The fraction of sp³-hybridized carbons (Fsp3) is 1.00. The topological polar surface area (TPSA) is 94.8 Å². The summed E-state index contributed by atoms with van der Waals surface area (Å²) in [6.45, 7) is -0.314. The molecule has 1 atom stereocenters. The van der Waals surface area contributed by atoms with Gasteiger partial charge in [-0.05, 0) is 19.3 Å². The monoisotopic (exact) mass is 198 g/mol. The zero-order valence-corrected chi connectivity index (χ0v) is 7.50. The fourth-order valence-electron chi connectivity index (χ4n) is 0.756. The summed E-state index contributed by atoms with van der Waals surface area (Å²) in [4.78, 5) is 0. The minimum absolute atomic E-state index is 0.287. The molecule has 3 N–H and O–H groups in total. The van der Waals surface area contributed by atoms with Gasteiger partial charge in [0.25, 0.3) is 10.1 Å². The van der Waals surface area contributed by atoms with Crippen molar-refractivity contribution in [3.05, 3.63) is 0 Å². The highest BCUT2D eigenvalue weighted by Crippen LogP contribution is 2.01. The number of aliphatic hydroxyl groups is 2. The standard InChI is InChI=1S/C6H14O5S/c7-5-6(8)3-1-2-4-12(9,10)11/h6-8H,1-5H2,(H,9,10,11). The van der Waals surface area contributed by atoms with Crippen LogP contribution in [0.2, 0.25) is 0 Å². The van der Waals surface area contributed by atoms with Crippen molar-refractivity contribution in [1.29, 1.82) is 0 Å². The molecule has 0 fully saturated rings. The Morgan fingerprint density at radius 1 is 1.25 bits per heavy atom. The average Bonchev–Trinajstić information content (AvgIpc) is 1.96. The van der Waals surface area contributed by atoms with Crippen molar-refractivity contribution in [1.82, 2.24) is 0 Å². The quantitative estimate of drug-likeness (QED) is 0.391. The maximum atomic E-state index is 10.2. The molecule has 0 spiro atoms. The first-order valence-electron chi connectivity index (χ1n) is 3.70. The van der Waals surface area contributed by atoms with Gasteiger partial charge < -0.3 is 10.2 Å². The highest BCUT2D eigenvalue weighted by molar-refractivity contribution is 7.85. The molecule has 0 heterocycles. The molecule has 0 amide bonds. The van der Waals surface area contributed by atoms with Gasteiger partial charge in [-0.1, -0.05) is 0 Å². The smallest absolute Gasteiger partial charge is 0.264 e. The highest BCUT2D eigenvalue weighted by atomic mass is 32.2. The molecule has 74 valence electrons. The lowest BCUT2D eigenvalue weighted by molar-refractivity contribution is 0.0865. The van der Waals surface area contributed by atoms with Crippen LogP contribution in [0.25, 0.3) is 0 Å². The van der Waals surface area contributed by atoms with Crippen LogP contribution in [-0.2, 0) is 10.1 Å². The zero-order chi connectivity index (χ0) is 9.61. The van der Waals surface area contributed by atoms with Crippen LogP contribution in [0.5, 0.6) is 0 Å². The third-order valence-corrected chi connectivity index (χ3v) is 2.20. The summed E-state index contributed by atoms with van der Waals surface area (Å²) < 4.78 is 28.7. The van der Waals surface area contributed by atoms with Gasteiger partial charge in [0.2, 0.25) is 0 Å². The van der Waals surface area contributed by atoms with Crippen molar-refractivity contribution in [3.63, 3.8) is 0 Å². The van der Waals surface area contributed by atoms with E-state index in [1.54, 1.807) is 0 Å². The van der Waals surface area contributed by atoms with Crippen LogP contribution >= 0.6 is 0 Å². The minimum Gasteiger partial charge on any atom is -0.394 e. The largest absolute Gasteiger partial charge is 0.394 e. The molecule has 0 aromatic rings. The molecule has 1 unspecified atom stereocenters. The second-order valence-corrected chi connectivity index (χ2v) is 4.19. The minimum atomic E-state index is -3.87. The third-order valence-electron chi connectivity index (χ3n) is 1.40. The normalized spacial score (nSPS) is 14.6. The van der Waals surface area contributed by atoms with E-state index in [1.807, 2.05) is 0 Å². The predicted molar refractivity (Wildman–Crippen MR) is 43.4 cm³/mol. The van der Waals surface area contributed by atoms with Gasteiger partial charge in [-0.25, -0.2) is 0 Å². The molecule has 6 heteroatoms. The number of hydrogen-bond donors (Lipinski definition) is 3. The molecule has 0 aromatic carbocycles. The van der Waals surface area contributed by atoms with Crippen molar-refractivity contribution >= 4 is 10.1 Å². The zero-order valence-electron chi connectivity index (χ0n) is 6.68. The SMILES string of the molecule is O=S(=O)(O)CCCCC(O)CO. The van der Waals surface area contributed by atoms with E-state index in [1.165, 1.54) is 0 Å². The summed E-state index contributed by atoms with van der Waals surface area (Å²) in [6, 6.07) is 0. The van der Waals surface area contributed by atoms with Gasteiger partial charge in [0.15, 0.2) is 0 Å². The van der Waals surface area contributed by atoms with E-state index in [4.69, 9.17) is 14.8 Å². The molecular formula is C6H14O5S. The summed E-state index contributed by atoms with van der Waals surface area (Å²) in [5.74, 6) is -0.287. The molecule has 0 bridgehead atoms. The first-order chi connectivity index (χ1) is 5.45. The van der Waals surface area contributed by atoms with E-state index >= 15 is 0 Å². The van der Waals surface area contributed by atoms with E-state index < -0.39 is 16.2 Å². The Labute approximate surface area is 71.8 Å². The third kappa shape index (κ3) is 7.93. The predicted octanol–water partition coefficient (Wildman–Crippen LogP) is -0.602. The van der Waals surface area contributed by atoms with E-state index in [9.17, 15) is 8.42 Å². The average molecular weight is 198 g/mol. The Morgan fingerprint density at radius 2 is 1.83 bits per heavy atom. The maximum Gasteiger partial charge on any atom is 0.264 e. The fourth-order valence-corrected chi connectivity index (χ4v) is 1.32. The van der Waals surface area contributed by atoms with Gasteiger partial charge in [-0.15, -0.1) is 0 Å². The van der Waals surface area contributed by atoms with Crippen LogP contribution in [0.3, 0.4) is 0 Å². The molecule has 0 radical (unpaired) electrons. The van der Waals surface area contributed by atoms with Crippen molar-refractivity contribution in [2.24, 2.45) is 0 Å². The van der Waals surface area contributed by atoms with Gasteiger partial charge in [0.1, 0.15) is 0 Å². The molecule has 0 saturated carbocycles. The van der Waals surface area contributed by atoms with Gasteiger partial charge in [0.05, 0.1) is 18.5 Å². The molecule has 0 aliphatic carbocycles. The number of aliphatic hydroxyl groups excluding tert-OH is 2. The summed E-state index contributed by atoms with van der Waals surface area (Å²) in [7, 11) is -3.87. The lowest BCUT2D eigenvalue weighted by atomic mass is 10.2. The summed E-state index contributed by atoms with van der Waals surface area (Å²) >= 11 is 0. The van der Waals surface area contributed by atoms with Gasteiger partial charge in [-0.2, -0.15) is 8.42 Å². The summed E-state index contributed by atoms with van der Waals surface area (Å²) in [5, 5.41) is 17.2. The first-order valence-corrected chi connectivity index (χ1v) is 5.30. The molecule has 0 aliphatic rings. The van der Waals surface area contributed by atoms with Crippen LogP contribution in [0.4, 0.5) is 0 Å². The maximum absolute atomic E-state index is 10.2. The Kier molecular flexibility index (Phi) is 5.39. The lowest BCUT2D eigenvalue weighted by Crippen LogP contribution is -2.12. The van der Waals surface area contributed by atoms with Crippen molar-refractivity contribution < 1.29 is 23.2 Å². The lowest BCUT2D eigenvalue weighted by Gasteiger charge is -2.04. The molecule has 0 aromatic heterocycles. The summed E-state index contributed by atoms with van der Waals surface area (Å²) in [6.07, 6.45) is 0.343. The highest BCUT2D eigenvalue weighted by Gasteiger charge is 2.05. The van der Waals surface area contributed by atoms with Gasteiger partial charge >= 0.3 is 0 Å². The molecule has 0 saturated heterocycles. The van der Waals surface area contributed by atoms with Crippen LogP contribution in [-0.4, -0.2) is 41.6 Å². The number of unbranched alkanes of at least 4 members (excludes halogenated alkanes) is 1. The number of rotatable bonds is 6. The van der Waals surface area contributed by atoms with Crippen molar-refractivity contribution in [3.8, 4) is 0 Å². The van der Waals surface area contributed by atoms with E-state index in [2.05, 4.69) is 0 Å². The number of hydrogen-bond acceptors (Lipinski definition) is 4. The van der Waals surface area contributed by atoms with Crippen LogP contribution in [0, 0.1) is 0 Å². The second kappa shape index (κ2) is 5.47. The Balaban J connectivity index is 3.34. The first kappa shape index (κ1) is 11.8. The molecule has 0 aliphatic heterocycles. The Morgan fingerprint density at radius 3 is 2.25 bits per heavy atom. The van der Waals surface area contributed by atoms with Gasteiger partial charge in [0, 0.05) is 0 Å². The van der Waals surface area contributed by atoms with Crippen LogP contribution < -0.4 is 0 Å². The molecule has 5 nitrogen and oxygen atoms in total. The Hall–Kier alpha value is -0.170. The van der Waals surface area contributed by atoms with E-state index in [-0.39, 0.29) is 12.4 Å². The molecule has 0 rings (SSSR count). The van der Waals surface area contributed by atoms with Crippen molar-refractivity contribution in [2.75, 3.05) is 12.4 Å². The van der Waals surface area contributed by atoms with Crippen molar-refractivity contribution in [2.45, 2.75) is 25.4 Å². The van der Waals surface area contributed by atoms with E-state index in [0.29, 0.717) is 19.3 Å². The second-order valence-electron chi connectivity index (χ2n) is 2.62. The Bertz CT molecular complexity index is 198. The van der Waals surface area contributed by atoms with Crippen LogP contribution in [0.1, 0.15) is 19.3 Å². The van der Waals surface area contributed by atoms with Crippen LogP contribution in [0.15, 0.2) is 0 Å². The van der Waals surface area contributed by atoms with E-state index in [0.717, 1.165) is 0 Å². The van der Waals surface area contributed by atoms with Gasteiger partial charge in [-0.3, -0.25) is 4.55 Å². The molecular weight excluding hydrogens is 184 g/mol. The molecule has 12 heavy (non-hydrogen) atoms.